The van der Waals surface area contributed by atoms with Gasteiger partial charge in [0.1, 0.15) is 5.69 Å². The van der Waals surface area contributed by atoms with Crippen LogP contribution in [0.25, 0.3) is 22.7 Å². The third-order valence-electron chi connectivity index (χ3n) is 6.15. The molecule has 0 spiro atoms. The van der Waals surface area contributed by atoms with Gasteiger partial charge in [0.15, 0.2) is 11.4 Å². The summed E-state index contributed by atoms with van der Waals surface area (Å²) in [5, 5.41) is 23.1. The molecule has 0 saturated carbocycles. The van der Waals surface area contributed by atoms with E-state index in [1.807, 2.05) is 24.4 Å². The molecule has 1 amide bonds. The van der Waals surface area contributed by atoms with Crippen LogP contribution in [0.5, 0.6) is 0 Å². The van der Waals surface area contributed by atoms with Crippen LogP contribution in [0.15, 0.2) is 73.4 Å². The van der Waals surface area contributed by atoms with Crippen molar-refractivity contribution in [2.45, 2.75) is 12.0 Å². The summed E-state index contributed by atoms with van der Waals surface area (Å²) in [7, 11) is 1.69. The molecule has 1 aliphatic rings. The molecule has 1 saturated heterocycles. The number of amides is 1. The Bertz CT molecular complexity index is 1560. The van der Waals surface area contributed by atoms with Crippen LogP contribution in [0.1, 0.15) is 12.0 Å². The van der Waals surface area contributed by atoms with Crippen molar-refractivity contribution in [3.05, 3.63) is 79.0 Å². The number of nitrogens with one attached hydrogen (secondary N) is 1. The Balaban J connectivity index is 1.27. The lowest BCUT2D eigenvalue weighted by atomic mass is 9.92. The Kier molecular flexibility index (Phi) is 4.78. The van der Waals surface area contributed by atoms with Crippen molar-refractivity contribution < 1.29 is 9.90 Å². The SMILES string of the molecule is CN1CC[C@@](O)(c2ccnc(-c3ccn(-c4ccnc(Nc5cnn6ccccc56)n4)n3)c2)C1=O. The van der Waals surface area contributed by atoms with E-state index in [9.17, 15) is 9.90 Å². The van der Waals surface area contributed by atoms with Crippen molar-refractivity contribution in [3.63, 3.8) is 0 Å². The van der Waals surface area contributed by atoms with Crippen molar-refractivity contribution in [1.29, 1.82) is 0 Å². The highest BCUT2D eigenvalue weighted by Gasteiger charge is 2.45. The lowest BCUT2D eigenvalue weighted by molar-refractivity contribution is -0.143. The van der Waals surface area contributed by atoms with Crippen molar-refractivity contribution >= 4 is 23.1 Å². The Morgan fingerprint density at radius 1 is 1.06 bits per heavy atom. The molecule has 0 unspecified atom stereocenters. The van der Waals surface area contributed by atoms with Crippen LogP contribution in [-0.4, -0.2) is 63.9 Å². The van der Waals surface area contributed by atoms with Gasteiger partial charge in [-0.05, 0) is 35.9 Å². The normalized spacial score (nSPS) is 17.9. The third-order valence-corrected chi connectivity index (χ3v) is 6.15. The summed E-state index contributed by atoms with van der Waals surface area (Å²) in [6.45, 7) is 0.501. The highest BCUT2D eigenvalue weighted by atomic mass is 16.3. The molecule has 6 heterocycles. The van der Waals surface area contributed by atoms with E-state index in [2.05, 4.69) is 30.5 Å². The number of nitrogens with zero attached hydrogens (tertiary/aromatic N) is 8. The minimum Gasteiger partial charge on any atom is -0.375 e. The number of hydrogen-bond acceptors (Lipinski definition) is 8. The third kappa shape index (κ3) is 3.58. The van der Waals surface area contributed by atoms with E-state index in [1.54, 1.807) is 65.3 Å². The Hall–Kier alpha value is -4.64. The standard InChI is InChI=1S/C24H21N9O2/c1-31-13-8-24(35,22(31)34)16-5-9-25-18(14-16)17-7-12-33(30-17)21-6-10-26-23(29-21)28-19-15-27-32-11-3-2-4-20(19)32/h2-7,9-12,14-15,35H,8,13H2,1H3,(H,26,28,29)/t24-/m1/s1. The summed E-state index contributed by atoms with van der Waals surface area (Å²) >= 11 is 0. The largest absolute Gasteiger partial charge is 0.375 e. The first kappa shape index (κ1) is 20.9. The zero-order chi connectivity index (χ0) is 24.0. The van der Waals surface area contributed by atoms with E-state index < -0.39 is 5.60 Å². The molecule has 0 aromatic carbocycles. The molecule has 2 N–H and O–H groups in total. The molecule has 5 aromatic heterocycles. The second-order valence-electron chi connectivity index (χ2n) is 8.36. The molecule has 6 rings (SSSR count). The molecule has 174 valence electrons. The molecule has 1 aliphatic heterocycles. The number of pyridine rings is 2. The molecular formula is C24H21N9O2. The smallest absolute Gasteiger partial charge is 0.258 e. The maximum atomic E-state index is 12.5. The fraction of sp³-hybridized carbons (Fsp3) is 0.167. The molecule has 0 bridgehead atoms. The van der Waals surface area contributed by atoms with Crippen LogP contribution in [0, 0.1) is 0 Å². The highest BCUT2D eigenvalue weighted by molar-refractivity contribution is 5.88. The number of carbonyl (C=O) groups excluding carboxylic acids is 1. The zero-order valence-corrected chi connectivity index (χ0v) is 18.8. The molecule has 11 heteroatoms. The van der Waals surface area contributed by atoms with Crippen molar-refractivity contribution in [2.24, 2.45) is 0 Å². The van der Waals surface area contributed by atoms with Gasteiger partial charge >= 0.3 is 0 Å². The average Bonchev–Trinajstić information content (AvgIpc) is 3.61. The predicted molar refractivity (Wildman–Crippen MR) is 127 cm³/mol. The number of likely N-dealkylation sites (N-methyl/N-ethyl adjacent to an activating group) is 1. The number of rotatable bonds is 5. The van der Waals surface area contributed by atoms with Crippen LogP contribution in [-0.2, 0) is 10.4 Å². The predicted octanol–water partition coefficient (Wildman–Crippen LogP) is 2.17. The van der Waals surface area contributed by atoms with Gasteiger partial charge in [0.05, 0.1) is 23.1 Å². The van der Waals surface area contributed by atoms with Crippen LogP contribution < -0.4 is 5.32 Å². The molecule has 0 radical (unpaired) electrons. The van der Waals surface area contributed by atoms with Gasteiger partial charge in [-0.15, -0.1) is 0 Å². The van der Waals surface area contributed by atoms with Crippen molar-refractivity contribution in [2.75, 3.05) is 18.9 Å². The van der Waals surface area contributed by atoms with Gasteiger partial charge < -0.3 is 15.3 Å². The lowest BCUT2D eigenvalue weighted by Crippen LogP contribution is -2.36. The van der Waals surface area contributed by atoms with E-state index in [1.165, 1.54) is 4.90 Å². The molecule has 5 aromatic rings. The van der Waals surface area contributed by atoms with E-state index in [4.69, 9.17) is 0 Å². The van der Waals surface area contributed by atoms with Gasteiger partial charge in [0, 0.05) is 50.9 Å². The van der Waals surface area contributed by atoms with Gasteiger partial charge in [-0.3, -0.25) is 9.78 Å². The molecule has 1 fully saturated rings. The van der Waals surface area contributed by atoms with Gasteiger partial charge in [0.25, 0.3) is 5.91 Å². The number of likely N-dealkylation sites (tertiary alicyclic amines) is 1. The number of anilines is 2. The average molecular weight is 467 g/mol. The molecule has 1 atom stereocenters. The summed E-state index contributed by atoms with van der Waals surface area (Å²) < 4.78 is 3.39. The van der Waals surface area contributed by atoms with Crippen LogP contribution >= 0.6 is 0 Å². The van der Waals surface area contributed by atoms with Crippen molar-refractivity contribution in [1.82, 2.24) is 39.2 Å². The van der Waals surface area contributed by atoms with Crippen molar-refractivity contribution in [3.8, 4) is 17.2 Å². The second kappa shape index (κ2) is 7.99. The summed E-state index contributed by atoms with van der Waals surface area (Å²) in [5.74, 6) is 0.657. The molecule has 35 heavy (non-hydrogen) atoms. The maximum absolute atomic E-state index is 12.5. The highest BCUT2D eigenvalue weighted by Crippen LogP contribution is 2.33. The van der Waals surface area contributed by atoms with Gasteiger partial charge in [-0.25, -0.2) is 14.2 Å². The first-order chi connectivity index (χ1) is 17.0. The second-order valence-corrected chi connectivity index (χ2v) is 8.36. The zero-order valence-electron chi connectivity index (χ0n) is 18.8. The van der Waals surface area contributed by atoms with E-state index in [0.29, 0.717) is 41.7 Å². The summed E-state index contributed by atoms with van der Waals surface area (Å²) in [6, 6.07) is 12.7. The fourth-order valence-electron chi connectivity index (χ4n) is 4.23. The topological polar surface area (TPSA) is 126 Å². The van der Waals surface area contributed by atoms with Crippen LogP contribution in [0.4, 0.5) is 11.6 Å². The van der Waals surface area contributed by atoms with Crippen LogP contribution in [0.2, 0.25) is 0 Å². The number of aliphatic hydroxyl groups is 1. The molecule has 11 nitrogen and oxygen atoms in total. The molecular weight excluding hydrogens is 446 g/mol. The maximum Gasteiger partial charge on any atom is 0.258 e. The first-order valence-electron chi connectivity index (χ1n) is 11.0. The lowest BCUT2D eigenvalue weighted by Gasteiger charge is -2.21. The fourth-order valence-corrected chi connectivity index (χ4v) is 4.23. The van der Waals surface area contributed by atoms with E-state index >= 15 is 0 Å². The quantitative estimate of drug-likeness (QED) is 0.403. The van der Waals surface area contributed by atoms with Gasteiger partial charge in [0.2, 0.25) is 5.95 Å². The monoisotopic (exact) mass is 467 g/mol. The summed E-state index contributed by atoms with van der Waals surface area (Å²) in [5.41, 5.74) is 1.80. The Morgan fingerprint density at radius 2 is 1.94 bits per heavy atom. The van der Waals surface area contributed by atoms with Gasteiger partial charge in [-0.2, -0.15) is 15.2 Å². The summed E-state index contributed by atoms with van der Waals surface area (Å²) in [4.78, 5) is 27.3. The number of fused-ring (bicyclic) bond motifs is 1. The number of hydrogen-bond donors (Lipinski definition) is 2. The van der Waals surface area contributed by atoms with Gasteiger partial charge in [-0.1, -0.05) is 6.07 Å². The Labute approximate surface area is 199 Å². The number of aromatic nitrogens is 7. The first-order valence-corrected chi connectivity index (χ1v) is 11.0. The molecule has 0 aliphatic carbocycles. The minimum atomic E-state index is -1.54. The summed E-state index contributed by atoms with van der Waals surface area (Å²) in [6.07, 6.45) is 8.92. The van der Waals surface area contributed by atoms with E-state index in [-0.39, 0.29) is 5.91 Å². The van der Waals surface area contributed by atoms with Crippen LogP contribution in [0.3, 0.4) is 0 Å². The Morgan fingerprint density at radius 3 is 2.80 bits per heavy atom. The minimum absolute atomic E-state index is 0.313. The van der Waals surface area contributed by atoms with E-state index in [0.717, 1.165) is 11.2 Å². The number of carbonyl (C=O) groups is 1.